The summed E-state index contributed by atoms with van der Waals surface area (Å²) in [6, 6.07) is 10.5. The monoisotopic (exact) mass is 574 g/mol. The Morgan fingerprint density at radius 1 is 1.31 bits per heavy atom. The number of aromatic nitrogens is 1. The molecule has 0 amide bonds. The van der Waals surface area contributed by atoms with Gasteiger partial charge in [0, 0.05) is 4.90 Å². The highest BCUT2D eigenvalue weighted by Gasteiger charge is 2.33. The van der Waals surface area contributed by atoms with Crippen LogP contribution in [0.2, 0.25) is 0 Å². The lowest BCUT2D eigenvalue weighted by atomic mass is 9.96. The van der Waals surface area contributed by atoms with Crippen LogP contribution in [0.25, 0.3) is 6.08 Å². The van der Waals surface area contributed by atoms with Crippen LogP contribution in [-0.4, -0.2) is 35.6 Å². The van der Waals surface area contributed by atoms with E-state index in [0.717, 1.165) is 10.5 Å². The second-order valence-corrected chi connectivity index (χ2v) is 10.4. The Kier molecular flexibility index (Phi) is 7.53. The Hall–Kier alpha value is -2.82. The molecule has 0 unspecified atom stereocenters. The normalized spacial score (nSPS) is 15.6. The first kappa shape index (κ1) is 25.3. The minimum Gasteiger partial charge on any atom is -0.503 e. The van der Waals surface area contributed by atoms with E-state index in [1.165, 1.54) is 18.4 Å². The van der Waals surface area contributed by atoms with Gasteiger partial charge in [-0.25, -0.2) is 9.79 Å². The zero-order chi connectivity index (χ0) is 25.3. The standard InChI is InChI=1S/C25H23BrN2O5S2/c1-5-33-24(31)20-13(2)27-25-28(21(20)15-6-8-16(34-4)9-7-15)23(30)19(35-25)12-14-10-17(26)22(29)18(11-14)32-3/h6-12,21,29H,5H2,1-4H3/b19-12-/t21-/m0/s1. The first-order valence-corrected chi connectivity index (χ1v) is 13.5. The van der Waals surface area contributed by atoms with Gasteiger partial charge in [0.15, 0.2) is 16.3 Å². The van der Waals surface area contributed by atoms with Crippen molar-refractivity contribution in [2.75, 3.05) is 20.0 Å². The van der Waals surface area contributed by atoms with E-state index >= 15 is 0 Å². The molecular weight excluding hydrogens is 552 g/mol. The number of allylic oxidation sites excluding steroid dienone is 1. The zero-order valence-electron chi connectivity index (χ0n) is 19.5. The van der Waals surface area contributed by atoms with Gasteiger partial charge >= 0.3 is 5.97 Å². The minimum atomic E-state index is -0.663. The van der Waals surface area contributed by atoms with Gasteiger partial charge in [0.1, 0.15) is 0 Å². The van der Waals surface area contributed by atoms with Crippen molar-refractivity contribution in [2.24, 2.45) is 4.99 Å². The third kappa shape index (κ3) is 4.82. The number of halogens is 1. The molecule has 1 aliphatic rings. The van der Waals surface area contributed by atoms with E-state index in [0.29, 0.717) is 30.6 Å². The molecule has 3 aromatic rings. The second-order valence-electron chi connectivity index (χ2n) is 7.63. The number of nitrogens with zero attached hydrogens (tertiary/aromatic N) is 2. The number of benzene rings is 2. The number of phenolic OH excluding ortho intramolecular Hbond substituents is 1. The third-order valence-electron chi connectivity index (χ3n) is 5.52. The molecule has 0 bridgehead atoms. The highest BCUT2D eigenvalue weighted by Crippen LogP contribution is 2.35. The SMILES string of the molecule is CCOC(=O)C1=C(C)N=c2s/c(=C\c3cc(Br)c(O)c(OC)c3)c(=O)n2[C@H]1c1ccc(SC)cc1. The van der Waals surface area contributed by atoms with Gasteiger partial charge in [-0.15, -0.1) is 11.8 Å². The van der Waals surface area contributed by atoms with Crippen LogP contribution >= 0.6 is 39.0 Å². The van der Waals surface area contributed by atoms with Crippen molar-refractivity contribution >= 4 is 51.1 Å². The highest BCUT2D eigenvalue weighted by atomic mass is 79.9. The van der Waals surface area contributed by atoms with Crippen molar-refractivity contribution in [1.82, 2.24) is 4.57 Å². The Balaban J connectivity index is 1.94. The van der Waals surface area contributed by atoms with Crippen LogP contribution < -0.4 is 19.6 Å². The number of ether oxygens (including phenoxy) is 2. The summed E-state index contributed by atoms with van der Waals surface area (Å²) in [6.45, 7) is 3.72. The molecular formula is C25H23BrN2O5S2. The van der Waals surface area contributed by atoms with Crippen molar-refractivity contribution in [1.29, 1.82) is 0 Å². The predicted octanol–water partition coefficient (Wildman–Crippen LogP) is 4.00. The molecule has 4 rings (SSSR count). The van der Waals surface area contributed by atoms with Crippen molar-refractivity contribution in [3.8, 4) is 11.5 Å². The van der Waals surface area contributed by atoms with Crippen LogP contribution in [0.5, 0.6) is 11.5 Å². The maximum Gasteiger partial charge on any atom is 0.338 e. The molecule has 35 heavy (non-hydrogen) atoms. The summed E-state index contributed by atoms with van der Waals surface area (Å²) in [5, 5.41) is 10.1. The fourth-order valence-corrected chi connectivity index (χ4v) is 5.79. The number of thiazole rings is 1. The van der Waals surface area contributed by atoms with Crippen molar-refractivity contribution in [3.05, 3.63) is 83.0 Å². The fraction of sp³-hybridized carbons (Fsp3) is 0.240. The number of rotatable bonds is 6. The van der Waals surface area contributed by atoms with Crippen molar-refractivity contribution < 1.29 is 19.4 Å². The summed E-state index contributed by atoms with van der Waals surface area (Å²) in [6.07, 6.45) is 3.71. The number of hydrogen-bond acceptors (Lipinski definition) is 8. The largest absolute Gasteiger partial charge is 0.503 e. The van der Waals surface area contributed by atoms with Crippen molar-refractivity contribution in [3.63, 3.8) is 0 Å². The number of fused-ring (bicyclic) bond motifs is 1. The van der Waals surface area contributed by atoms with E-state index in [-0.39, 0.29) is 23.7 Å². The smallest absolute Gasteiger partial charge is 0.338 e. The molecule has 182 valence electrons. The molecule has 0 radical (unpaired) electrons. The van der Waals surface area contributed by atoms with E-state index in [1.54, 1.807) is 48.4 Å². The number of carbonyl (C=O) groups excluding carboxylic acids is 1. The fourth-order valence-electron chi connectivity index (χ4n) is 3.88. The van der Waals surface area contributed by atoms with E-state index < -0.39 is 12.0 Å². The molecule has 1 N–H and O–H groups in total. The number of esters is 1. The van der Waals surface area contributed by atoms with Crippen LogP contribution in [0.15, 0.2) is 66.8 Å². The maximum absolute atomic E-state index is 13.7. The molecule has 0 aliphatic carbocycles. The molecule has 0 saturated heterocycles. The molecule has 2 aromatic carbocycles. The van der Waals surface area contributed by atoms with Gasteiger partial charge in [0.05, 0.1) is 40.0 Å². The Morgan fingerprint density at radius 2 is 2.03 bits per heavy atom. The van der Waals surface area contributed by atoms with Gasteiger partial charge in [-0.05, 0) is 77.5 Å². The topological polar surface area (TPSA) is 90.1 Å². The quantitative estimate of drug-likeness (QED) is 0.353. The molecule has 0 fully saturated rings. The van der Waals surface area contributed by atoms with Crippen LogP contribution in [0.4, 0.5) is 0 Å². The first-order chi connectivity index (χ1) is 16.8. The van der Waals surface area contributed by atoms with Crippen LogP contribution in [-0.2, 0) is 9.53 Å². The van der Waals surface area contributed by atoms with Gasteiger partial charge in [0.2, 0.25) is 0 Å². The van der Waals surface area contributed by atoms with E-state index in [1.807, 2.05) is 30.5 Å². The number of aromatic hydroxyl groups is 1. The summed E-state index contributed by atoms with van der Waals surface area (Å²) in [4.78, 5) is 32.8. The summed E-state index contributed by atoms with van der Waals surface area (Å²) >= 11 is 6.17. The second kappa shape index (κ2) is 10.4. The molecule has 0 saturated carbocycles. The lowest BCUT2D eigenvalue weighted by Gasteiger charge is -2.24. The van der Waals surface area contributed by atoms with Gasteiger partial charge in [-0.3, -0.25) is 9.36 Å². The van der Waals surface area contributed by atoms with Gasteiger partial charge in [-0.2, -0.15) is 0 Å². The third-order valence-corrected chi connectivity index (χ3v) is 7.85. The van der Waals surface area contributed by atoms with E-state index in [4.69, 9.17) is 9.47 Å². The lowest BCUT2D eigenvalue weighted by Crippen LogP contribution is -2.39. The van der Waals surface area contributed by atoms with E-state index in [2.05, 4.69) is 20.9 Å². The van der Waals surface area contributed by atoms with Crippen LogP contribution in [0, 0.1) is 0 Å². The van der Waals surface area contributed by atoms with Gasteiger partial charge in [-0.1, -0.05) is 23.5 Å². The van der Waals surface area contributed by atoms with Crippen LogP contribution in [0.1, 0.15) is 31.0 Å². The maximum atomic E-state index is 13.7. The molecule has 2 heterocycles. The average Bonchev–Trinajstić information content (AvgIpc) is 3.14. The molecule has 7 nitrogen and oxygen atoms in total. The summed E-state index contributed by atoms with van der Waals surface area (Å²) in [5.41, 5.74) is 2.05. The Labute approximate surface area is 218 Å². The number of phenols is 1. The molecule has 1 atom stereocenters. The number of methoxy groups -OCH3 is 1. The molecule has 0 spiro atoms. The lowest BCUT2D eigenvalue weighted by molar-refractivity contribution is -0.139. The van der Waals surface area contributed by atoms with Crippen molar-refractivity contribution in [2.45, 2.75) is 24.8 Å². The molecule has 10 heteroatoms. The number of thioether (sulfide) groups is 1. The summed E-state index contributed by atoms with van der Waals surface area (Å²) < 4.78 is 13.0. The number of hydrogen-bond donors (Lipinski definition) is 1. The highest BCUT2D eigenvalue weighted by molar-refractivity contribution is 9.10. The first-order valence-electron chi connectivity index (χ1n) is 10.7. The Morgan fingerprint density at radius 3 is 2.66 bits per heavy atom. The van der Waals surface area contributed by atoms with Gasteiger partial charge in [0.25, 0.3) is 5.56 Å². The molecule has 1 aliphatic heterocycles. The summed E-state index contributed by atoms with van der Waals surface area (Å²) in [5.74, 6) is -0.228. The van der Waals surface area contributed by atoms with Crippen LogP contribution in [0.3, 0.4) is 0 Å². The summed E-state index contributed by atoms with van der Waals surface area (Å²) in [7, 11) is 1.46. The van der Waals surface area contributed by atoms with Gasteiger partial charge < -0.3 is 14.6 Å². The van der Waals surface area contributed by atoms with E-state index in [9.17, 15) is 14.7 Å². The Bertz CT molecular complexity index is 1510. The average molecular weight is 576 g/mol. The predicted molar refractivity (Wildman–Crippen MR) is 141 cm³/mol. The molecule has 1 aromatic heterocycles. The minimum absolute atomic E-state index is 0.0190. The zero-order valence-corrected chi connectivity index (χ0v) is 22.7. The number of carbonyl (C=O) groups is 1.